The number of fused-ring (bicyclic) bond motifs is 1. The van der Waals surface area contributed by atoms with Crippen LogP contribution in [0.15, 0.2) is 48.6 Å². The van der Waals surface area contributed by atoms with E-state index in [0.29, 0.717) is 26.2 Å². The zero-order valence-corrected chi connectivity index (χ0v) is 13.5. The number of Topliss-reactive ketones (excluding diaryl/α,β-unsaturated/α-hetero) is 1. The Morgan fingerprint density at radius 2 is 1.79 bits per heavy atom. The highest BCUT2D eigenvalue weighted by Crippen LogP contribution is 2.56. The van der Waals surface area contributed by atoms with E-state index in [1.807, 2.05) is 24.3 Å². The number of hydrogen-bond donors (Lipinski definition) is 0. The molecule has 3 unspecified atom stereocenters. The lowest BCUT2D eigenvalue weighted by Gasteiger charge is -2.53. The molecule has 5 aliphatic rings. The van der Waals surface area contributed by atoms with Gasteiger partial charge >= 0.3 is 0 Å². The summed E-state index contributed by atoms with van der Waals surface area (Å²) in [5.74, 6) is 1.54. The summed E-state index contributed by atoms with van der Waals surface area (Å²) >= 11 is 0. The van der Waals surface area contributed by atoms with Crippen LogP contribution in [0, 0.1) is 17.3 Å². The monoisotopic (exact) mass is 324 g/mol. The number of hydrogen-bond acceptors (Lipinski definition) is 4. The molecule has 0 radical (unpaired) electrons. The molecule has 6 rings (SSSR count). The molecule has 2 aliphatic heterocycles. The second kappa shape index (κ2) is 4.73. The van der Waals surface area contributed by atoms with Crippen LogP contribution in [0.4, 0.5) is 0 Å². The van der Waals surface area contributed by atoms with Gasteiger partial charge in [0, 0.05) is 12.3 Å². The van der Waals surface area contributed by atoms with Crippen LogP contribution >= 0.6 is 0 Å². The molecule has 2 spiro atoms. The molecule has 0 N–H and O–H groups in total. The Kier molecular flexibility index (Phi) is 2.82. The van der Waals surface area contributed by atoms with Crippen molar-refractivity contribution >= 4 is 5.78 Å². The van der Waals surface area contributed by atoms with Crippen molar-refractivity contribution < 1.29 is 19.0 Å². The highest BCUT2D eigenvalue weighted by atomic mass is 16.5. The van der Waals surface area contributed by atoms with Gasteiger partial charge in [-0.25, -0.2) is 0 Å². The summed E-state index contributed by atoms with van der Waals surface area (Å²) in [6.07, 6.45) is 5.71. The van der Waals surface area contributed by atoms with Crippen molar-refractivity contribution in [3.63, 3.8) is 0 Å². The van der Waals surface area contributed by atoms with Crippen LogP contribution < -0.4 is 9.47 Å². The van der Waals surface area contributed by atoms with Gasteiger partial charge in [0.25, 0.3) is 0 Å². The molecule has 0 aromatic heterocycles. The Hall–Kier alpha value is -2.07. The van der Waals surface area contributed by atoms with Crippen LogP contribution in [0.1, 0.15) is 12.8 Å². The topological polar surface area (TPSA) is 44.8 Å². The van der Waals surface area contributed by atoms with Gasteiger partial charge in [0.05, 0.1) is 31.2 Å². The fourth-order valence-corrected chi connectivity index (χ4v) is 4.79. The summed E-state index contributed by atoms with van der Waals surface area (Å²) in [4.78, 5) is 13.3. The molecule has 1 saturated heterocycles. The van der Waals surface area contributed by atoms with Crippen molar-refractivity contribution in [2.45, 2.75) is 18.4 Å². The molecule has 124 valence electrons. The Bertz CT molecular complexity index is 738. The molecule has 3 aliphatic carbocycles. The predicted molar refractivity (Wildman–Crippen MR) is 88.0 cm³/mol. The third kappa shape index (κ3) is 1.75. The summed E-state index contributed by atoms with van der Waals surface area (Å²) < 4.78 is 18.1. The number of carbonyl (C=O) groups is 1. The number of benzene rings is 1. The minimum atomic E-state index is -0.694. The fourth-order valence-electron chi connectivity index (χ4n) is 4.79. The third-order valence-corrected chi connectivity index (χ3v) is 6.05. The first-order valence-electron chi connectivity index (χ1n) is 8.51. The number of para-hydroxylation sites is 2. The van der Waals surface area contributed by atoms with Crippen molar-refractivity contribution in [3.05, 3.63) is 48.6 Å². The maximum absolute atomic E-state index is 13.3. The number of ketones is 1. The second-order valence-corrected chi connectivity index (χ2v) is 7.53. The van der Waals surface area contributed by atoms with Crippen LogP contribution in [-0.4, -0.2) is 31.2 Å². The number of allylic oxidation sites excluding steroid dienone is 1. The highest BCUT2D eigenvalue weighted by Gasteiger charge is 2.64. The van der Waals surface area contributed by atoms with E-state index in [1.54, 1.807) is 0 Å². The van der Waals surface area contributed by atoms with E-state index in [2.05, 4.69) is 18.7 Å². The average molecular weight is 324 g/mol. The molecular formula is C20H20O4. The van der Waals surface area contributed by atoms with E-state index >= 15 is 0 Å². The van der Waals surface area contributed by atoms with Gasteiger partial charge in [0.15, 0.2) is 17.3 Å². The lowest BCUT2D eigenvalue weighted by atomic mass is 9.53. The summed E-state index contributed by atoms with van der Waals surface area (Å²) in [6, 6.07) is 7.70. The molecular weight excluding hydrogens is 304 g/mol. The van der Waals surface area contributed by atoms with Crippen LogP contribution in [0.25, 0.3) is 0 Å². The van der Waals surface area contributed by atoms with Crippen molar-refractivity contribution in [2.75, 3.05) is 19.8 Å². The Morgan fingerprint density at radius 3 is 2.38 bits per heavy atom. The molecule has 4 nitrogen and oxygen atoms in total. The van der Waals surface area contributed by atoms with Crippen molar-refractivity contribution in [2.24, 2.45) is 17.3 Å². The molecule has 2 bridgehead atoms. The molecule has 2 heterocycles. The zero-order chi connectivity index (χ0) is 16.4. The lowest BCUT2D eigenvalue weighted by molar-refractivity contribution is -0.167. The van der Waals surface area contributed by atoms with Crippen LogP contribution in [-0.2, 0) is 9.53 Å². The average Bonchev–Trinajstić information content (AvgIpc) is 2.90. The first-order chi connectivity index (χ1) is 11.6. The molecule has 2 fully saturated rings. The molecule has 1 aromatic rings. The molecule has 0 amide bonds. The highest BCUT2D eigenvalue weighted by molar-refractivity contribution is 5.95. The van der Waals surface area contributed by atoms with Crippen molar-refractivity contribution in [1.29, 1.82) is 0 Å². The SMILES string of the molecule is C=C1COC2(C1)C(=O)C1C=CC2CC12COc1ccccc1OC2. The second-order valence-electron chi connectivity index (χ2n) is 7.53. The normalized spacial score (nSPS) is 35.7. The third-order valence-electron chi connectivity index (χ3n) is 6.05. The number of carbonyl (C=O) groups excluding carboxylic acids is 1. The van der Waals surface area contributed by atoms with E-state index in [4.69, 9.17) is 14.2 Å². The standard InChI is InChI=1S/C20H20O4/c1-13-8-20(24-10-13)14-6-7-15(18(20)21)19(9-14)11-22-16-4-2-3-5-17(16)23-12-19/h2-7,14-15H,1,8-12H2. The van der Waals surface area contributed by atoms with Gasteiger partial charge in [0.2, 0.25) is 0 Å². The minimum absolute atomic E-state index is 0.0719. The Balaban J connectivity index is 1.49. The molecule has 3 atom stereocenters. The van der Waals surface area contributed by atoms with Crippen LogP contribution in [0.5, 0.6) is 11.5 Å². The first kappa shape index (κ1) is 14.3. The zero-order valence-electron chi connectivity index (χ0n) is 13.5. The van der Waals surface area contributed by atoms with E-state index in [1.165, 1.54) is 0 Å². The molecule has 1 aromatic carbocycles. The maximum Gasteiger partial charge on any atom is 0.173 e. The minimum Gasteiger partial charge on any atom is -0.489 e. The summed E-state index contributed by atoms with van der Waals surface area (Å²) in [6.45, 7) is 5.51. The van der Waals surface area contributed by atoms with Gasteiger partial charge in [-0.1, -0.05) is 30.9 Å². The molecule has 1 saturated carbocycles. The number of ether oxygens (including phenoxy) is 3. The Morgan fingerprint density at radius 1 is 1.08 bits per heavy atom. The van der Waals surface area contributed by atoms with E-state index in [-0.39, 0.29) is 23.0 Å². The molecule has 24 heavy (non-hydrogen) atoms. The van der Waals surface area contributed by atoms with Gasteiger partial charge in [-0.3, -0.25) is 4.79 Å². The quantitative estimate of drug-likeness (QED) is 0.688. The summed E-state index contributed by atoms with van der Waals surface area (Å²) in [5.41, 5.74) is 0.00807. The van der Waals surface area contributed by atoms with Crippen molar-refractivity contribution in [1.82, 2.24) is 0 Å². The summed E-state index contributed by atoms with van der Waals surface area (Å²) in [5, 5.41) is 0. The van der Waals surface area contributed by atoms with Crippen LogP contribution in [0.3, 0.4) is 0 Å². The Labute approximate surface area is 141 Å². The van der Waals surface area contributed by atoms with Crippen LogP contribution in [0.2, 0.25) is 0 Å². The predicted octanol–water partition coefficient (Wildman–Crippen LogP) is 2.93. The van der Waals surface area contributed by atoms with E-state index < -0.39 is 5.60 Å². The van der Waals surface area contributed by atoms with Gasteiger partial charge in [-0.15, -0.1) is 0 Å². The smallest absolute Gasteiger partial charge is 0.173 e. The van der Waals surface area contributed by atoms with Crippen molar-refractivity contribution in [3.8, 4) is 11.5 Å². The van der Waals surface area contributed by atoms with E-state index in [0.717, 1.165) is 23.5 Å². The first-order valence-corrected chi connectivity index (χ1v) is 8.51. The largest absolute Gasteiger partial charge is 0.489 e. The van der Waals surface area contributed by atoms with Gasteiger partial charge in [0.1, 0.15) is 5.60 Å². The van der Waals surface area contributed by atoms with Gasteiger partial charge < -0.3 is 14.2 Å². The molecule has 4 heteroatoms. The number of rotatable bonds is 0. The van der Waals surface area contributed by atoms with Gasteiger partial charge in [-0.2, -0.15) is 0 Å². The maximum atomic E-state index is 13.3. The van der Waals surface area contributed by atoms with E-state index in [9.17, 15) is 4.79 Å². The van der Waals surface area contributed by atoms with Gasteiger partial charge in [-0.05, 0) is 24.1 Å². The lowest BCUT2D eigenvalue weighted by Crippen LogP contribution is -2.62. The fraction of sp³-hybridized carbons (Fsp3) is 0.450. The summed E-state index contributed by atoms with van der Waals surface area (Å²) in [7, 11) is 0.